The van der Waals surface area contributed by atoms with Gasteiger partial charge in [-0.15, -0.1) is 0 Å². The number of hydrogen-bond acceptors (Lipinski definition) is 6. The molecule has 1 saturated heterocycles. The van der Waals surface area contributed by atoms with Gasteiger partial charge in [-0.25, -0.2) is 14.8 Å². The van der Waals surface area contributed by atoms with Crippen molar-refractivity contribution in [2.24, 2.45) is 0 Å². The third-order valence-corrected chi connectivity index (χ3v) is 4.14. The van der Waals surface area contributed by atoms with Gasteiger partial charge in [-0.1, -0.05) is 12.1 Å². The molecule has 0 aliphatic carbocycles. The molecule has 0 spiro atoms. The molecule has 2 aromatic heterocycles. The van der Waals surface area contributed by atoms with Crippen LogP contribution >= 0.6 is 0 Å². The lowest BCUT2D eigenvalue weighted by molar-refractivity contribution is -0.141. The van der Waals surface area contributed by atoms with Crippen molar-refractivity contribution < 1.29 is 13.9 Å². The number of aromatic nitrogens is 2. The highest BCUT2D eigenvalue weighted by molar-refractivity contribution is 6.06. The van der Waals surface area contributed by atoms with Gasteiger partial charge in [0.25, 0.3) is 0 Å². The molecule has 3 aromatic rings. The van der Waals surface area contributed by atoms with E-state index in [0.29, 0.717) is 11.4 Å². The lowest BCUT2D eigenvalue weighted by atomic mass is 10.2. The monoisotopic (exact) mass is 297 g/mol. The fraction of sp³-hybridized carbons (Fsp3) is 0.312. The maximum Gasteiger partial charge on any atom is 0.328 e. The molecule has 1 aromatic carbocycles. The largest absolute Gasteiger partial charge is 0.467 e. The van der Waals surface area contributed by atoms with E-state index in [1.165, 1.54) is 13.4 Å². The number of para-hydroxylation sites is 1. The number of hydrogen-bond donors (Lipinski definition) is 0. The predicted octanol–water partition coefficient (Wildman–Crippen LogP) is 2.52. The van der Waals surface area contributed by atoms with Crippen LogP contribution in [-0.2, 0) is 9.53 Å². The van der Waals surface area contributed by atoms with Crippen LogP contribution in [0, 0.1) is 0 Å². The Labute approximate surface area is 126 Å². The van der Waals surface area contributed by atoms with Gasteiger partial charge >= 0.3 is 5.97 Å². The van der Waals surface area contributed by atoms with Crippen LogP contribution in [0.5, 0.6) is 0 Å². The molecule has 0 unspecified atom stereocenters. The highest BCUT2D eigenvalue weighted by atomic mass is 16.5. The van der Waals surface area contributed by atoms with Crippen LogP contribution in [0.1, 0.15) is 12.8 Å². The van der Waals surface area contributed by atoms with Gasteiger partial charge in [-0.3, -0.25) is 0 Å². The van der Waals surface area contributed by atoms with Crippen LogP contribution in [0.15, 0.2) is 35.0 Å². The van der Waals surface area contributed by atoms with E-state index >= 15 is 0 Å². The summed E-state index contributed by atoms with van der Waals surface area (Å²) in [6.45, 7) is 0.753. The Bertz CT molecular complexity index is 858. The van der Waals surface area contributed by atoms with Gasteiger partial charge in [0.15, 0.2) is 11.4 Å². The molecular weight excluding hydrogens is 282 g/mol. The van der Waals surface area contributed by atoms with Crippen molar-refractivity contribution in [3.8, 4) is 0 Å². The summed E-state index contributed by atoms with van der Waals surface area (Å²) in [6, 6.07) is 7.44. The number of carbonyl (C=O) groups excluding carboxylic acids is 1. The van der Waals surface area contributed by atoms with Crippen LogP contribution in [0.2, 0.25) is 0 Å². The Hall–Kier alpha value is -2.63. The Morgan fingerprint density at radius 3 is 3.09 bits per heavy atom. The van der Waals surface area contributed by atoms with E-state index in [0.717, 1.165) is 35.9 Å². The summed E-state index contributed by atoms with van der Waals surface area (Å²) < 4.78 is 10.8. The normalized spacial score (nSPS) is 18.2. The van der Waals surface area contributed by atoms with E-state index in [1.54, 1.807) is 0 Å². The first-order valence-corrected chi connectivity index (χ1v) is 7.26. The number of methoxy groups -OCH3 is 1. The van der Waals surface area contributed by atoms with E-state index in [2.05, 4.69) is 9.97 Å². The number of ether oxygens (including phenoxy) is 1. The summed E-state index contributed by atoms with van der Waals surface area (Å²) in [4.78, 5) is 22.6. The van der Waals surface area contributed by atoms with E-state index in [1.807, 2.05) is 29.2 Å². The minimum atomic E-state index is -0.309. The molecule has 1 aliphatic heterocycles. The van der Waals surface area contributed by atoms with Crippen molar-refractivity contribution in [3.63, 3.8) is 0 Å². The van der Waals surface area contributed by atoms with Crippen molar-refractivity contribution in [1.82, 2.24) is 9.97 Å². The van der Waals surface area contributed by atoms with Crippen LogP contribution in [0.4, 0.5) is 5.82 Å². The van der Waals surface area contributed by atoms with Crippen molar-refractivity contribution in [2.75, 3.05) is 18.6 Å². The van der Waals surface area contributed by atoms with Gasteiger partial charge in [0, 0.05) is 11.9 Å². The number of fused-ring (bicyclic) bond motifs is 3. The second kappa shape index (κ2) is 4.98. The van der Waals surface area contributed by atoms with Crippen LogP contribution < -0.4 is 4.90 Å². The van der Waals surface area contributed by atoms with Crippen LogP contribution in [0.25, 0.3) is 22.1 Å². The summed E-state index contributed by atoms with van der Waals surface area (Å²) in [5.41, 5.74) is 2.17. The van der Waals surface area contributed by atoms with Gasteiger partial charge in [0.1, 0.15) is 23.5 Å². The summed E-state index contributed by atoms with van der Waals surface area (Å²) >= 11 is 0. The standard InChI is InChI=1S/C16H15N3O3/c1-21-16(20)11-6-4-8-19(11)15-14-13(17-9-18-15)10-5-2-3-7-12(10)22-14/h2-3,5,7,9,11H,4,6,8H2,1H3/t11-/m1/s1. The molecule has 1 aliphatic rings. The molecule has 6 heteroatoms. The van der Waals surface area contributed by atoms with Crippen LogP contribution in [0.3, 0.4) is 0 Å². The number of carbonyl (C=O) groups is 1. The molecule has 1 fully saturated rings. The van der Waals surface area contributed by atoms with Gasteiger partial charge in [0.05, 0.1) is 7.11 Å². The summed E-state index contributed by atoms with van der Waals surface area (Å²) in [7, 11) is 1.41. The quantitative estimate of drug-likeness (QED) is 0.677. The van der Waals surface area contributed by atoms with Gasteiger partial charge < -0.3 is 14.1 Å². The minimum Gasteiger partial charge on any atom is -0.467 e. The van der Waals surface area contributed by atoms with Gasteiger partial charge in [-0.2, -0.15) is 0 Å². The summed E-state index contributed by atoms with van der Waals surface area (Å²) in [6.07, 6.45) is 3.20. The third kappa shape index (κ3) is 1.83. The zero-order chi connectivity index (χ0) is 15.1. The third-order valence-electron chi connectivity index (χ3n) is 4.14. The fourth-order valence-electron chi connectivity index (χ4n) is 3.12. The second-order valence-corrected chi connectivity index (χ2v) is 5.35. The zero-order valence-electron chi connectivity index (χ0n) is 12.2. The molecule has 22 heavy (non-hydrogen) atoms. The number of rotatable bonds is 2. The number of furan rings is 1. The maximum absolute atomic E-state index is 12.0. The first-order chi connectivity index (χ1) is 10.8. The highest BCUT2D eigenvalue weighted by Crippen LogP contribution is 2.35. The Morgan fingerprint density at radius 2 is 2.23 bits per heavy atom. The average Bonchev–Trinajstić information content (AvgIpc) is 3.18. The highest BCUT2D eigenvalue weighted by Gasteiger charge is 2.34. The summed E-state index contributed by atoms with van der Waals surface area (Å²) in [5.74, 6) is 0.425. The van der Waals surface area contributed by atoms with Crippen molar-refractivity contribution in [1.29, 1.82) is 0 Å². The van der Waals surface area contributed by atoms with E-state index in [4.69, 9.17) is 9.15 Å². The minimum absolute atomic E-state index is 0.236. The first-order valence-electron chi connectivity index (χ1n) is 7.26. The van der Waals surface area contributed by atoms with Crippen molar-refractivity contribution >= 4 is 33.9 Å². The Kier molecular flexibility index (Phi) is 2.96. The number of esters is 1. The molecule has 3 heterocycles. The average molecular weight is 297 g/mol. The molecule has 112 valence electrons. The van der Waals surface area contributed by atoms with Gasteiger partial charge in [0.2, 0.25) is 0 Å². The first kappa shape index (κ1) is 13.1. The number of anilines is 1. The number of benzene rings is 1. The van der Waals surface area contributed by atoms with Crippen LogP contribution in [-0.4, -0.2) is 35.6 Å². The Morgan fingerprint density at radius 1 is 1.36 bits per heavy atom. The topological polar surface area (TPSA) is 68.5 Å². The molecule has 0 N–H and O–H groups in total. The van der Waals surface area contributed by atoms with E-state index in [9.17, 15) is 4.79 Å². The molecular formula is C16H15N3O3. The molecule has 0 radical (unpaired) electrons. The Balaban J connectivity index is 1.89. The van der Waals surface area contributed by atoms with Crippen molar-refractivity contribution in [3.05, 3.63) is 30.6 Å². The summed E-state index contributed by atoms with van der Waals surface area (Å²) in [5, 5.41) is 0.954. The lowest BCUT2D eigenvalue weighted by Gasteiger charge is -2.23. The molecule has 1 atom stereocenters. The van der Waals surface area contributed by atoms with Gasteiger partial charge in [-0.05, 0) is 25.0 Å². The fourth-order valence-corrected chi connectivity index (χ4v) is 3.12. The maximum atomic E-state index is 12.0. The molecule has 0 amide bonds. The molecule has 0 saturated carbocycles. The smallest absolute Gasteiger partial charge is 0.328 e. The number of nitrogens with zero attached hydrogens (tertiary/aromatic N) is 3. The van der Waals surface area contributed by atoms with Crippen molar-refractivity contribution in [2.45, 2.75) is 18.9 Å². The van der Waals surface area contributed by atoms with E-state index in [-0.39, 0.29) is 12.0 Å². The molecule has 6 nitrogen and oxygen atoms in total. The molecule has 0 bridgehead atoms. The lowest BCUT2D eigenvalue weighted by Crippen LogP contribution is -2.37. The second-order valence-electron chi connectivity index (χ2n) is 5.35. The SMILES string of the molecule is COC(=O)[C@H]1CCCN1c1ncnc2c1oc1ccccc12. The molecule has 4 rings (SSSR count). The zero-order valence-corrected chi connectivity index (χ0v) is 12.2. The van der Waals surface area contributed by atoms with E-state index < -0.39 is 0 Å². The predicted molar refractivity (Wildman–Crippen MR) is 81.7 cm³/mol.